The predicted molar refractivity (Wildman–Crippen MR) is 157 cm³/mol. The number of rotatable bonds is 10. The summed E-state index contributed by atoms with van der Waals surface area (Å²) < 4.78 is 29.5. The fourth-order valence-corrected chi connectivity index (χ4v) is 4.84. The maximum atomic E-state index is 12.4. The van der Waals surface area contributed by atoms with Crippen molar-refractivity contribution < 1.29 is 8.42 Å². The van der Waals surface area contributed by atoms with Crippen LogP contribution >= 0.6 is 0 Å². The summed E-state index contributed by atoms with van der Waals surface area (Å²) in [6, 6.07) is 23.9. The molecule has 0 aliphatic rings. The Morgan fingerprint density at radius 3 is 2.21 bits per heavy atom. The first-order valence-corrected chi connectivity index (χ1v) is 14.5. The molecule has 0 fully saturated rings. The minimum absolute atomic E-state index is 0.0922. The second kappa shape index (κ2) is 11.6. The maximum absolute atomic E-state index is 12.4. The molecule has 0 aliphatic carbocycles. The monoisotopic (exact) mass is 547 g/mol. The first-order chi connectivity index (χ1) is 18.4. The van der Waals surface area contributed by atoms with Crippen molar-refractivity contribution in [3.8, 4) is 11.1 Å². The molecule has 0 spiro atoms. The van der Waals surface area contributed by atoms with Gasteiger partial charge in [0.15, 0.2) is 0 Å². The van der Waals surface area contributed by atoms with Crippen molar-refractivity contribution in [1.82, 2.24) is 19.1 Å². The molecule has 0 aliphatic heterocycles. The quantitative estimate of drug-likeness (QED) is 0.293. The third-order valence-electron chi connectivity index (χ3n) is 6.64. The Labute approximate surface area is 230 Å². The van der Waals surface area contributed by atoms with Gasteiger partial charge in [-0.15, -0.1) is 0 Å². The number of H-pyrrole nitrogens is 1. The lowest BCUT2D eigenvalue weighted by atomic mass is 9.87. The van der Waals surface area contributed by atoms with Crippen molar-refractivity contribution in [3.63, 3.8) is 0 Å². The van der Waals surface area contributed by atoms with Gasteiger partial charge in [0.2, 0.25) is 0 Å². The van der Waals surface area contributed by atoms with Crippen LogP contribution in [0.15, 0.2) is 77.6 Å². The van der Waals surface area contributed by atoms with Crippen LogP contribution in [-0.2, 0) is 35.0 Å². The second-order valence-corrected chi connectivity index (χ2v) is 12.9. The summed E-state index contributed by atoms with van der Waals surface area (Å²) in [6.45, 7) is 6.99. The number of aromatic nitrogens is 3. The molecule has 39 heavy (non-hydrogen) atoms. The van der Waals surface area contributed by atoms with Crippen molar-refractivity contribution in [3.05, 3.63) is 106 Å². The molecule has 3 aromatic carbocycles. The first kappa shape index (κ1) is 28.3. The Morgan fingerprint density at radius 1 is 0.897 bits per heavy atom. The molecule has 0 amide bonds. The molecule has 1 heterocycles. The minimum Gasteiger partial charge on any atom is -0.293 e. The smallest absolute Gasteiger partial charge is 0.293 e. The highest BCUT2D eigenvalue weighted by Crippen LogP contribution is 2.25. The molecule has 2 N–H and O–H groups in total. The van der Waals surface area contributed by atoms with Crippen molar-refractivity contribution in [1.29, 1.82) is 0 Å². The summed E-state index contributed by atoms with van der Waals surface area (Å²) in [4.78, 5) is 15.3. The molecule has 0 atom stereocenters. The van der Waals surface area contributed by atoms with Crippen LogP contribution in [0.4, 0.5) is 5.69 Å². The second-order valence-electron chi connectivity index (χ2n) is 11.0. The van der Waals surface area contributed by atoms with E-state index in [2.05, 4.69) is 72.0 Å². The van der Waals surface area contributed by atoms with Crippen LogP contribution in [-0.4, -0.2) is 41.6 Å². The molecule has 0 unspecified atom stereocenters. The van der Waals surface area contributed by atoms with Crippen molar-refractivity contribution in [2.45, 2.75) is 52.0 Å². The van der Waals surface area contributed by atoms with E-state index in [4.69, 9.17) is 0 Å². The SMILES string of the molecule is CN(C)S(=O)(=O)Nc1cccc(-c2ccc(CCCc3nn(Cc4ccc(C(C)(C)C)cc4)c(=O)[nH]3)cc2)c1. The fraction of sp³-hybridized carbons (Fsp3) is 0.333. The molecular weight excluding hydrogens is 510 g/mol. The third kappa shape index (κ3) is 7.46. The van der Waals surface area contributed by atoms with Crippen molar-refractivity contribution >= 4 is 15.9 Å². The zero-order valence-corrected chi connectivity index (χ0v) is 24.0. The highest BCUT2D eigenvalue weighted by Gasteiger charge is 2.14. The van der Waals surface area contributed by atoms with Gasteiger partial charge in [-0.1, -0.05) is 81.4 Å². The average molecular weight is 548 g/mol. The molecule has 8 nitrogen and oxygen atoms in total. The fourth-order valence-electron chi connectivity index (χ4n) is 4.23. The average Bonchev–Trinajstić information content (AvgIpc) is 3.22. The van der Waals surface area contributed by atoms with E-state index in [9.17, 15) is 13.2 Å². The summed E-state index contributed by atoms with van der Waals surface area (Å²) in [5.74, 6) is 0.694. The lowest BCUT2D eigenvalue weighted by Gasteiger charge is -2.19. The van der Waals surface area contributed by atoms with E-state index in [1.165, 1.54) is 29.9 Å². The number of nitrogens with zero attached hydrogens (tertiary/aromatic N) is 3. The number of aryl methyl sites for hydroxylation is 2. The largest absolute Gasteiger partial charge is 0.343 e. The number of hydrogen-bond acceptors (Lipinski definition) is 4. The predicted octanol–water partition coefficient (Wildman–Crippen LogP) is 4.98. The minimum atomic E-state index is -3.56. The molecule has 0 saturated heterocycles. The van der Waals surface area contributed by atoms with Crippen LogP contribution < -0.4 is 10.4 Å². The van der Waals surface area contributed by atoms with Crippen LogP contribution in [0.25, 0.3) is 11.1 Å². The third-order valence-corrected chi connectivity index (χ3v) is 8.09. The summed E-state index contributed by atoms with van der Waals surface area (Å²) in [6.07, 6.45) is 2.39. The number of benzene rings is 3. The topological polar surface area (TPSA) is 100 Å². The summed E-state index contributed by atoms with van der Waals surface area (Å²) in [7, 11) is -0.585. The summed E-state index contributed by atoms with van der Waals surface area (Å²) >= 11 is 0. The molecule has 4 rings (SSSR count). The Bertz CT molecular complexity index is 1560. The molecular formula is C30H37N5O3S. The van der Waals surface area contributed by atoms with Gasteiger partial charge in [0.25, 0.3) is 0 Å². The van der Waals surface area contributed by atoms with Crippen LogP contribution in [0.5, 0.6) is 0 Å². The van der Waals surface area contributed by atoms with Gasteiger partial charge in [0.1, 0.15) is 5.82 Å². The van der Waals surface area contributed by atoms with Gasteiger partial charge < -0.3 is 0 Å². The van der Waals surface area contributed by atoms with E-state index in [1.54, 1.807) is 6.07 Å². The molecule has 9 heteroatoms. The zero-order valence-electron chi connectivity index (χ0n) is 23.2. The molecule has 1 aromatic heterocycles. The van der Waals surface area contributed by atoms with E-state index in [0.29, 0.717) is 24.5 Å². The highest BCUT2D eigenvalue weighted by atomic mass is 32.2. The normalized spacial score (nSPS) is 12.2. The first-order valence-electron chi connectivity index (χ1n) is 13.1. The number of hydrogen-bond donors (Lipinski definition) is 2. The molecule has 0 bridgehead atoms. The summed E-state index contributed by atoms with van der Waals surface area (Å²) in [5, 5.41) is 4.50. The zero-order chi connectivity index (χ0) is 28.2. The van der Waals surface area contributed by atoms with Crippen LogP contribution in [0.1, 0.15) is 49.7 Å². The number of aromatic amines is 1. The van der Waals surface area contributed by atoms with Crippen LogP contribution in [0.3, 0.4) is 0 Å². The molecule has 0 saturated carbocycles. The molecule has 0 radical (unpaired) electrons. The van der Waals surface area contributed by atoms with Crippen molar-refractivity contribution in [2.75, 3.05) is 18.8 Å². The Morgan fingerprint density at radius 2 is 1.56 bits per heavy atom. The van der Waals surface area contributed by atoms with Gasteiger partial charge in [0, 0.05) is 20.5 Å². The van der Waals surface area contributed by atoms with E-state index in [-0.39, 0.29) is 11.1 Å². The standard InChI is InChI=1S/C30H37N5O3S/c1-30(2,3)26-18-14-23(15-19-26)21-35-29(36)31-28(32-35)11-6-8-22-12-16-24(17-13-22)25-9-7-10-27(20-25)33-39(37,38)34(4)5/h7,9-10,12-20,33H,6,8,11,21H2,1-5H3,(H,31,32,36). The Hall–Kier alpha value is -3.69. The van der Waals surface area contributed by atoms with Gasteiger partial charge in [-0.2, -0.15) is 17.8 Å². The van der Waals surface area contributed by atoms with E-state index in [1.807, 2.05) is 30.3 Å². The molecule has 4 aromatic rings. The molecule has 206 valence electrons. The van der Waals surface area contributed by atoms with Gasteiger partial charge in [-0.3, -0.25) is 9.71 Å². The summed E-state index contributed by atoms with van der Waals surface area (Å²) in [5.41, 5.74) is 5.84. The van der Waals surface area contributed by atoms with Gasteiger partial charge in [-0.25, -0.2) is 9.48 Å². The van der Waals surface area contributed by atoms with Gasteiger partial charge in [-0.05, 0) is 58.2 Å². The highest BCUT2D eigenvalue weighted by molar-refractivity contribution is 7.90. The maximum Gasteiger partial charge on any atom is 0.343 e. The van der Waals surface area contributed by atoms with Crippen LogP contribution in [0, 0.1) is 0 Å². The van der Waals surface area contributed by atoms with E-state index >= 15 is 0 Å². The Balaban J connectivity index is 1.32. The van der Waals surface area contributed by atoms with Gasteiger partial charge in [0.05, 0.1) is 12.2 Å². The van der Waals surface area contributed by atoms with E-state index < -0.39 is 10.2 Å². The number of nitrogens with one attached hydrogen (secondary N) is 2. The van der Waals surface area contributed by atoms with Crippen molar-refractivity contribution in [2.24, 2.45) is 0 Å². The van der Waals surface area contributed by atoms with E-state index in [0.717, 1.165) is 33.8 Å². The Kier molecular flexibility index (Phi) is 8.42. The number of anilines is 1. The van der Waals surface area contributed by atoms with Gasteiger partial charge >= 0.3 is 15.9 Å². The lowest BCUT2D eigenvalue weighted by molar-refractivity contribution is 0.527. The lowest BCUT2D eigenvalue weighted by Crippen LogP contribution is -2.28. The van der Waals surface area contributed by atoms with Crippen LogP contribution in [0.2, 0.25) is 0 Å².